The number of nitriles is 1. The fourth-order valence-electron chi connectivity index (χ4n) is 4.23. The van der Waals surface area contributed by atoms with Crippen LogP contribution < -0.4 is 0 Å². The number of rotatable bonds is 3. The molecule has 1 heterocycles. The summed E-state index contributed by atoms with van der Waals surface area (Å²) in [5, 5.41) is 9.52. The van der Waals surface area contributed by atoms with Crippen LogP contribution in [0, 0.1) is 28.6 Å². The number of hydrogen-bond donors (Lipinski definition) is 0. The third-order valence-electron chi connectivity index (χ3n) is 5.13. The van der Waals surface area contributed by atoms with Crippen molar-refractivity contribution in [2.75, 3.05) is 6.61 Å². The molecule has 0 aromatic rings. The summed E-state index contributed by atoms with van der Waals surface area (Å²) in [6.45, 7) is 0.941. The first-order chi connectivity index (χ1) is 7.82. The van der Waals surface area contributed by atoms with Crippen molar-refractivity contribution in [1.29, 1.82) is 5.26 Å². The number of hydrogen-bond acceptors (Lipinski definition) is 2. The van der Waals surface area contributed by atoms with E-state index in [4.69, 9.17) is 4.74 Å². The Morgan fingerprint density at radius 2 is 2.25 bits per heavy atom. The minimum absolute atomic E-state index is 0.0366. The van der Waals surface area contributed by atoms with Gasteiger partial charge in [-0.15, -0.1) is 0 Å². The van der Waals surface area contributed by atoms with E-state index in [2.05, 4.69) is 6.07 Å². The molecule has 4 atom stereocenters. The van der Waals surface area contributed by atoms with Crippen LogP contribution >= 0.6 is 0 Å². The highest BCUT2D eigenvalue weighted by Gasteiger charge is 2.51. The molecule has 2 heteroatoms. The van der Waals surface area contributed by atoms with Gasteiger partial charge in [0, 0.05) is 6.61 Å². The van der Waals surface area contributed by atoms with Crippen molar-refractivity contribution in [2.45, 2.75) is 57.5 Å². The van der Waals surface area contributed by atoms with Crippen molar-refractivity contribution in [2.24, 2.45) is 17.3 Å². The second-order valence-electron chi connectivity index (χ2n) is 6.02. The molecule has 16 heavy (non-hydrogen) atoms. The molecule has 2 saturated carbocycles. The van der Waals surface area contributed by atoms with Gasteiger partial charge in [0.25, 0.3) is 0 Å². The average Bonchev–Trinajstić information content (AvgIpc) is 3.02. The van der Waals surface area contributed by atoms with Crippen molar-refractivity contribution >= 4 is 0 Å². The Kier molecular flexibility index (Phi) is 2.67. The van der Waals surface area contributed by atoms with Gasteiger partial charge >= 0.3 is 0 Å². The Morgan fingerprint density at radius 1 is 1.31 bits per heavy atom. The summed E-state index contributed by atoms with van der Waals surface area (Å²) < 4.78 is 5.67. The quantitative estimate of drug-likeness (QED) is 0.729. The molecule has 0 spiro atoms. The van der Waals surface area contributed by atoms with E-state index >= 15 is 0 Å². The van der Waals surface area contributed by atoms with Gasteiger partial charge in [-0.05, 0) is 56.8 Å². The topological polar surface area (TPSA) is 33.0 Å². The van der Waals surface area contributed by atoms with Crippen LogP contribution in [0.2, 0.25) is 0 Å². The summed E-state index contributed by atoms with van der Waals surface area (Å²) in [7, 11) is 0. The minimum Gasteiger partial charge on any atom is -0.378 e. The van der Waals surface area contributed by atoms with Crippen molar-refractivity contribution in [1.82, 2.24) is 0 Å². The van der Waals surface area contributed by atoms with Gasteiger partial charge in [0.15, 0.2) is 0 Å². The molecule has 1 saturated heterocycles. The molecule has 2 bridgehead atoms. The van der Waals surface area contributed by atoms with Gasteiger partial charge in [-0.1, -0.05) is 6.42 Å². The van der Waals surface area contributed by atoms with Crippen LogP contribution in [-0.4, -0.2) is 12.7 Å². The predicted molar refractivity (Wildman–Crippen MR) is 61.7 cm³/mol. The van der Waals surface area contributed by atoms with Gasteiger partial charge in [-0.3, -0.25) is 0 Å². The highest BCUT2D eigenvalue weighted by atomic mass is 16.5. The summed E-state index contributed by atoms with van der Waals surface area (Å²) >= 11 is 0. The highest BCUT2D eigenvalue weighted by Crippen LogP contribution is 2.57. The molecule has 4 unspecified atom stereocenters. The lowest BCUT2D eigenvalue weighted by molar-refractivity contribution is 0.0858. The van der Waals surface area contributed by atoms with Crippen LogP contribution in [0.4, 0.5) is 0 Å². The Morgan fingerprint density at radius 3 is 2.81 bits per heavy atom. The standard InChI is InChI=1S/C14H21NO/c15-10-14(6-5-13-2-1-7-16-13)9-11-3-4-12(14)8-11/h11-13H,1-9H2. The fourth-order valence-corrected chi connectivity index (χ4v) is 4.23. The van der Waals surface area contributed by atoms with Crippen molar-refractivity contribution < 1.29 is 4.74 Å². The molecule has 0 aromatic carbocycles. The van der Waals surface area contributed by atoms with Crippen molar-refractivity contribution in [3.05, 3.63) is 0 Å². The van der Waals surface area contributed by atoms with Crippen LogP contribution in [0.15, 0.2) is 0 Å². The minimum atomic E-state index is 0.0366. The maximum Gasteiger partial charge on any atom is 0.0692 e. The Bertz CT molecular complexity index is 302. The normalized spacial score (nSPS) is 46.1. The van der Waals surface area contributed by atoms with E-state index in [1.54, 1.807) is 0 Å². The van der Waals surface area contributed by atoms with E-state index in [1.165, 1.54) is 38.5 Å². The van der Waals surface area contributed by atoms with E-state index in [0.29, 0.717) is 12.0 Å². The molecule has 2 nitrogen and oxygen atoms in total. The van der Waals surface area contributed by atoms with E-state index in [0.717, 1.165) is 25.4 Å². The zero-order valence-corrected chi connectivity index (χ0v) is 9.95. The van der Waals surface area contributed by atoms with Crippen molar-refractivity contribution in [3.63, 3.8) is 0 Å². The van der Waals surface area contributed by atoms with Gasteiger partial charge in [0.2, 0.25) is 0 Å². The van der Waals surface area contributed by atoms with E-state index in [1.807, 2.05) is 0 Å². The molecule has 3 fully saturated rings. The third-order valence-corrected chi connectivity index (χ3v) is 5.13. The van der Waals surface area contributed by atoms with E-state index in [9.17, 15) is 5.26 Å². The van der Waals surface area contributed by atoms with Gasteiger partial charge in [-0.25, -0.2) is 0 Å². The van der Waals surface area contributed by atoms with E-state index < -0.39 is 0 Å². The molecule has 0 radical (unpaired) electrons. The molecular weight excluding hydrogens is 198 g/mol. The van der Waals surface area contributed by atoms with Gasteiger partial charge < -0.3 is 4.74 Å². The highest BCUT2D eigenvalue weighted by molar-refractivity contribution is 5.11. The first-order valence-corrected chi connectivity index (χ1v) is 6.85. The Labute approximate surface area is 98.0 Å². The van der Waals surface area contributed by atoms with Crippen LogP contribution in [0.1, 0.15) is 51.4 Å². The Hall–Kier alpha value is -0.550. The molecule has 2 aliphatic carbocycles. The summed E-state index contributed by atoms with van der Waals surface area (Å²) in [5.41, 5.74) is 0.0366. The molecule has 3 aliphatic rings. The lowest BCUT2D eigenvalue weighted by atomic mass is 9.71. The van der Waals surface area contributed by atoms with Crippen LogP contribution in [0.25, 0.3) is 0 Å². The lowest BCUT2D eigenvalue weighted by Gasteiger charge is -2.31. The molecule has 3 rings (SSSR count). The van der Waals surface area contributed by atoms with E-state index in [-0.39, 0.29) is 5.41 Å². The van der Waals surface area contributed by atoms with Gasteiger partial charge in [-0.2, -0.15) is 5.26 Å². The first-order valence-electron chi connectivity index (χ1n) is 6.85. The number of fused-ring (bicyclic) bond motifs is 2. The summed E-state index contributed by atoms with van der Waals surface area (Å²) in [4.78, 5) is 0. The molecule has 88 valence electrons. The van der Waals surface area contributed by atoms with Crippen LogP contribution in [0.3, 0.4) is 0 Å². The van der Waals surface area contributed by atoms with Gasteiger partial charge in [0.05, 0.1) is 17.6 Å². The smallest absolute Gasteiger partial charge is 0.0692 e. The predicted octanol–water partition coefficient (Wildman–Crippen LogP) is 3.28. The molecule has 1 aliphatic heterocycles. The van der Waals surface area contributed by atoms with Crippen LogP contribution in [-0.2, 0) is 4.74 Å². The largest absolute Gasteiger partial charge is 0.378 e. The zero-order chi connectivity index (χ0) is 11.0. The molecule has 0 aromatic heterocycles. The average molecular weight is 219 g/mol. The molecule has 0 amide bonds. The van der Waals surface area contributed by atoms with Gasteiger partial charge in [0.1, 0.15) is 0 Å². The summed E-state index contributed by atoms with van der Waals surface area (Å²) in [5.74, 6) is 1.58. The SMILES string of the molecule is N#CC1(CCC2CCCO2)CC2CCC1C2. The zero-order valence-electron chi connectivity index (χ0n) is 9.95. The Balaban J connectivity index is 1.61. The second kappa shape index (κ2) is 4.04. The maximum atomic E-state index is 9.52. The number of ether oxygens (including phenoxy) is 1. The fraction of sp³-hybridized carbons (Fsp3) is 0.929. The van der Waals surface area contributed by atoms with Crippen LogP contribution in [0.5, 0.6) is 0 Å². The maximum absolute atomic E-state index is 9.52. The summed E-state index contributed by atoms with van der Waals surface area (Å²) in [6, 6.07) is 2.68. The second-order valence-corrected chi connectivity index (χ2v) is 6.02. The summed E-state index contributed by atoms with van der Waals surface area (Å²) in [6.07, 6.45) is 10.3. The molecular formula is C14H21NO. The molecule has 0 N–H and O–H groups in total. The van der Waals surface area contributed by atoms with Crippen molar-refractivity contribution in [3.8, 4) is 6.07 Å². The third kappa shape index (κ3) is 1.66. The monoisotopic (exact) mass is 219 g/mol. The number of nitrogens with zero attached hydrogens (tertiary/aromatic N) is 1. The first kappa shape index (κ1) is 10.6. The lowest BCUT2D eigenvalue weighted by Crippen LogP contribution is -2.27.